The SMILES string of the molecule is Cc1ccc(CNC(=O)c2ccc(N)c(C)c2)o1. The average molecular weight is 244 g/mol. The first-order valence-corrected chi connectivity index (χ1v) is 5.76. The van der Waals surface area contributed by atoms with Gasteiger partial charge in [0.25, 0.3) is 5.91 Å². The summed E-state index contributed by atoms with van der Waals surface area (Å²) in [5.41, 5.74) is 7.90. The Kier molecular flexibility index (Phi) is 3.37. The summed E-state index contributed by atoms with van der Waals surface area (Å²) in [7, 11) is 0. The van der Waals surface area contributed by atoms with Crippen LogP contribution in [0, 0.1) is 13.8 Å². The molecule has 0 bridgehead atoms. The normalized spacial score (nSPS) is 10.3. The number of furan rings is 1. The number of rotatable bonds is 3. The van der Waals surface area contributed by atoms with Crippen molar-refractivity contribution in [3.05, 3.63) is 53.0 Å². The van der Waals surface area contributed by atoms with E-state index in [2.05, 4.69) is 5.32 Å². The van der Waals surface area contributed by atoms with Crippen molar-refractivity contribution in [3.8, 4) is 0 Å². The summed E-state index contributed by atoms with van der Waals surface area (Å²) < 4.78 is 5.38. The number of carbonyl (C=O) groups is 1. The number of nitrogens with one attached hydrogen (secondary N) is 1. The van der Waals surface area contributed by atoms with E-state index < -0.39 is 0 Å². The molecule has 0 unspecified atom stereocenters. The predicted molar refractivity (Wildman–Crippen MR) is 70.2 cm³/mol. The standard InChI is InChI=1S/C14H16N2O2/c1-9-7-11(4-6-13(9)15)14(17)16-8-12-5-3-10(2)18-12/h3-7H,8,15H2,1-2H3,(H,16,17). The number of hydrogen-bond acceptors (Lipinski definition) is 3. The van der Waals surface area contributed by atoms with E-state index in [-0.39, 0.29) is 5.91 Å². The largest absolute Gasteiger partial charge is 0.465 e. The number of anilines is 1. The van der Waals surface area contributed by atoms with Crippen LogP contribution in [0.4, 0.5) is 5.69 Å². The van der Waals surface area contributed by atoms with Gasteiger partial charge >= 0.3 is 0 Å². The lowest BCUT2D eigenvalue weighted by molar-refractivity contribution is 0.0948. The van der Waals surface area contributed by atoms with Crippen LogP contribution in [0.5, 0.6) is 0 Å². The van der Waals surface area contributed by atoms with Crippen LogP contribution in [0.3, 0.4) is 0 Å². The zero-order chi connectivity index (χ0) is 13.1. The zero-order valence-corrected chi connectivity index (χ0v) is 10.5. The van der Waals surface area contributed by atoms with E-state index >= 15 is 0 Å². The smallest absolute Gasteiger partial charge is 0.251 e. The Morgan fingerprint density at radius 2 is 2.06 bits per heavy atom. The van der Waals surface area contributed by atoms with Crippen molar-refractivity contribution in [3.63, 3.8) is 0 Å². The molecular formula is C14H16N2O2. The molecule has 0 saturated heterocycles. The maximum atomic E-state index is 11.9. The monoisotopic (exact) mass is 244 g/mol. The van der Waals surface area contributed by atoms with Gasteiger partial charge in [-0.3, -0.25) is 4.79 Å². The van der Waals surface area contributed by atoms with Crippen LogP contribution in [0.25, 0.3) is 0 Å². The van der Waals surface area contributed by atoms with Crippen LogP contribution in [-0.2, 0) is 6.54 Å². The van der Waals surface area contributed by atoms with Gasteiger partial charge in [-0.2, -0.15) is 0 Å². The minimum absolute atomic E-state index is 0.132. The molecule has 1 aromatic heterocycles. The van der Waals surface area contributed by atoms with Crippen molar-refractivity contribution in [1.82, 2.24) is 5.32 Å². The lowest BCUT2D eigenvalue weighted by Crippen LogP contribution is -2.22. The second kappa shape index (κ2) is 4.96. The summed E-state index contributed by atoms with van der Waals surface area (Å²) in [6, 6.07) is 8.95. The second-order valence-electron chi connectivity index (χ2n) is 4.27. The van der Waals surface area contributed by atoms with Crippen LogP contribution in [0.1, 0.15) is 27.4 Å². The van der Waals surface area contributed by atoms with Crippen molar-refractivity contribution < 1.29 is 9.21 Å². The average Bonchev–Trinajstić information content (AvgIpc) is 2.75. The third-order valence-electron chi connectivity index (χ3n) is 2.75. The van der Waals surface area contributed by atoms with Gasteiger partial charge in [-0.25, -0.2) is 0 Å². The Balaban J connectivity index is 2.01. The minimum Gasteiger partial charge on any atom is -0.465 e. The maximum absolute atomic E-state index is 11.9. The summed E-state index contributed by atoms with van der Waals surface area (Å²) in [5, 5.41) is 2.80. The quantitative estimate of drug-likeness (QED) is 0.815. The first-order chi connectivity index (χ1) is 8.56. The van der Waals surface area contributed by atoms with Crippen molar-refractivity contribution in [1.29, 1.82) is 0 Å². The number of aryl methyl sites for hydroxylation is 2. The molecule has 1 heterocycles. The summed E-state index contributed by atoms with van der Waals surface area (Å²) in [4.78, 5) is 11.9. The predicted octanol–water partition coefficient (Wildman–Crippen LogP) is 2.41. The number of hydrogen-bond donors (Lipinski definition) is 2. The third kappa shape index (κ3) is 2.71. The Bertz CT molecular complexity index is 573. The van der Waals surface area contributed by atoms with Crippen LogP contribution < -0.4 is 11.1 Å². The molecule has 0 aliphatic rings. The van der Waals surface area contributed by atoms with E-state index in [1.165, 1.54) is 0 Å². The highest BCUT2D eigenvalue weighted by Gasteiger charge is 2.07. The van der Waals surface area contributed by atoms with Crippen LogP contribution >= 0.6 is 0 Å². The van der Waals surface area contributed by atoms with E-state index in [1.54, 1.807) is 18.2 Å². The van der Waals surface area contributed by atoms with Gasteiger partial charge in [0.05, 0.1) is 6.54 Å². The minimum atomic E-state index is -0.132. The molecular weight excluding hydrogens is 228 g/mol. The lowest BCUT2D eigenvalue weighted by Gasteiger charge is -2.05. The Hall–Kier alpha value is -2.23. The molecule has 0 saturated carbocycles. The zero-order valence-electron chi connectivity index (χ0n) is 10.5. The number of benzene rings is 1. The van der Waals surface area contributed by atoms with Gasteiger partial charge in [-0.05, 0) is 49.7 Å². The first kappa shape index (κ1) is 12.2. The fraction of sp³-hybridized carbons (Fsp3) is 0.214. The highest BCUT2D eigenvalue weighted by atomic mass is 16.3. The van der Waals surface area contributed by atoms with Gasteiger partial charge in [0, 0.05) is 11.3 Å². The van der Waals surface area contributed by atoms with E-state index in [9.17, 15) is 4.79 Å². The molecule has 0 spiro atoms. The number of nitrogens with two attached hydrogens (primary N) is 1. The first-order valence-electron chi connectivity index (χ1n) is 5.76. The Labute approximate surface area is 106 Å². The van der Waals surface area contributed by atoms with Crippen LogP contribution in [-0.4, -0.2) is 5.91 Å². The van der Waals surface area contributed by atoms with Gasteiger partial charge in [-0.1, -0.05) is 0 Å². The molecule has 0 fully saturated rings. The molecule has 0 aliphatic heterocycles. The second-order valence-corrected chi connectivity index (χ2v) is 4.27. The lowest BCUT2D eigenvalue weighted by atomic mass is 10.1. The van der Waals surface area contributed by atoms with Crippen molar-refractivity contribution in [2.45, 2.75) is 20.4 Å². The van der Waals surface area contributed by atoms with Crippen molar-refractivity contribution >= 4 is 11.6 Å². The third-order valence-corrected chi connectivity index (χ3v) is 2.75. The molecule has 94 valence electrons. The Morgan fingerprint density at radius 1 is 1.28 bits per heavy atom. The molecule has 0 radical (unpaired) electrons. The summed E-state index contributed by atoms with van der Waals surface area (Å²) in [6.07, 6.45) is 0. The van der Waals surface area contributed by atoms with Crippen LogP contribution in [0.2, 0.25) is 0 Å². The summed E-state index contributed by atoms with van der Waals surface area (Å²) >= 11 is 0. The summed E-state index contributed by atoms with van der Waals surface area (Å²) in [6.45, 7) is 4.13. The van der Waals surface area contributed by atoms with E-state index in [4.69, 9.17) is 10.2 Å². The van der Waals surface area contributed by atoms with E-state index in [1.807, 2.05) is 26.0 Å². The fourth-order valence-electron chi connectivity index (χ4n) is 1.67. The highest BCUT2D eigenvalue weighted by molar-refractivity contribution is 5.94. The molecule has 3 N–H and O–H groups in total. The van der Waals surface area contributed by atoms with Gasteiger partial charge < -0.3 is 15.5 Å². The number of nitrogen functional groups attached to an aromatic ring is 1. The number of amides is 1. The van der Waals surface area contributed by atoms with Crippen molar-refractivity contribution in [2.24, 2.45) is 0 Å². The maximum Gasteiger partial charge on any atom is 0.251 e. The molecule has 1 amide bonds. The topological polar surface area (TPSA) is 68.3 Å². The molecule has 4 nitrogen and oxygen atoms in total. The molecule has 2 rings (SSSR count). The molecule has 18 heavy (non-hydrogen) atoms. The van der Waals surface area contributed by atoms with Gasteiger partial charge in [-0.15, -0.1) is 0 Å². The van der Waals surface area contributed by atoms with Gasteiger partial charge in [0.15, 0.2) is 0 Å². The molecule has 4 heteroatoms. The molecule has 2 aromatic rings. The van der Waals surface area contributed by atoms with E-state index in [0.29, 0.717) is 17.8 Å². The fourth-order valence-corrected chi connectivity index (χ4v) is 1.67. The van der Waals surface area contributed by atoms with Crippen LogP contribution in [0.15, 0.2) is 34.7 Å². The van der Waals surface area contributed by atoms with Gasteiger partial charge in [0.2, 0.25) is 0 Å². The van der Waals surface area contributed by atoms with Gasteiger partial charge in [0.1, 0.15) is 11.5 Å². The molecule has 0 atom stereocenters. The summed E-state index contributed by atoms with van der Waals surface area (Å²) in [5.74, 6) is 1.45. The van der Waals surface area contributed by atoms with E-state index in [0.717, 1.165) is 17.1 Å². The van der Waals surface area contributed by atoms with Crippen molar-refractivity contribution in [2.75, 3.05) is 5.73 Å². The Morgan fingerprint density at radius 3 is 2.67 bits per heavy atom. The molecule has 1 aromatic carbocycles. The molecule has 0 aliphatic carbocycles. The number of carbonyl (C=O) groups excluding carboxylic acids is 1. The highest BCUT2D eigenvalue weighted by Crippen LogP contribution is 2.13.